The van der Waals surface area contributed by atoms with Crippen molar-refractivity contribution in [3.05, 3.63) is 28.7 Å². The molecular formula is C13H18N6O. The van der Waals surface area contributed by atoms with Gasteiger partial charge in [-0.3, -0.25) is 9.89 Å². The van der Waals surface area contributed by atoms with Gasteiger partial charge in [0.1, 0.15) is 0 Å². The minimum atomic E-state index is -0.127. The fourth-order valence-corrected chi connectivity index (χ4v) is 2.57. The molecule has 20 heavy (non-hydrogen) atoms. The molecule has 106 valence electrons. The molecule has 1 fully saturated rings. The normalized spacial score (nSPS) is 23.0. The molecule has 3 N–H and O–H groups in total. The molecule has 2 unspecified atom stereocenters. The number of anilines is 1. The zero-order chi connectivity index (χ0) is 14.1. The molecule has 0 amide bonds. The van der Waals surface area contributed by atoms with E-state index in [9.17, 15) is 4.79 Å². The first-order chi connectivity index (χ1) is 9.61. The van der Waals surface area contributed by atoms with Crippen LogP contribution in [0.2, 0.25) is 0 Å². The fraction of sp³-hybridized carbons (Fsp3) is 0.462. The van der Waals surface area contributed by atoms with Gasteiger partial charge >= 0.3 is 0 Å². The summed E-state index contributed by atoms with van der Waals surface area (Å²) in [5.41, 5.74) is 0.692. The Balaban J connectivity index is 1.83. The topological polar surface area (TPSA) is 89.7 Å². The number of H-pyrrole nitrogens is 2. The second-order valence-electron chi connectivity index (χ2n) is 5.30. The molecule has 7 nitrogen and oxygen atoms in total. The molecule has 2 aromatic heterocycles. The van der Waals surface area contributed by atoms with Gasteiger partial charge in [-0.1, -0.05) is 0 Å². The maximum atomic E-state index is 11.1. The van der Waals surface area contributed by atoms with Crippen molar-refractivity contribution in [3.8, 4) is 11.4 Å². The van der Waals surface area contributed by atoms with Gasteiger partial charge < -0.3 is 15.2 Å². The molecule has 0 bridgehead atoms. The Morgan fingerprint density at radius 3 is 2.65 bits per heavy atom. The Kier molecular flexibility index (Phi) is 3.27. The van der Waals surface area contributed by atoms with Crippen LogP contribution in [0.15, 0.2) is 23.1 Å². The highest BCUT2D eigenvalue weighted by atomic mass is 16.1. The van der Waals surface area contributed by atoms with Gasteiger partial charge in [-0.25, -0.2) is 0 Å². The number of nitrogens with zero attached hydrogens (tertiary/aromatic N) is 3. The molecule has 1 aliphatic heterocycles. The maximum Gasteiger partial charge on any atom is 0.247 e. The summed E-state index contributed by atoms with van der Waals surface area (Å²) in [6.45, 7) is 6.07. The Morgan fingerprint density at radius 1 is 1.25 bits per heavy atom. The van der Waals surface area contributed by atoms with E-state index in [1.54, 1.807) is 12.3 Å². The number of hydrogen-bond donors (Lipinski definition) is 3. The maximum absolute atomic E-state index is 11.1. The van der Waals surface area contributed by atoms with Crippen molar-refractivity contribution in [2.45, 2.75) is 25.9 Å². The van der Waals surface area contributed by atoms with E-state index >= 15 is 0 Å². The van der Waals surface area contributed by atoms with Crippen LogP contribution in [-0.2, 0) is 0 Å². The number of rotatable bonds is 2. The van der Waals surface area contributed by atoms with Crippen LogP contribution >= 0.6 is 0 Å². The first-order valence-electron chi connectivity index (χ1n) is 6.74. The van der Waals surface area contributed by atoms with E-state index < -0.39 is 0 Å². The summed E-state index contributed by atoms with van der Waals surface area (Å²) < 4.78 is 0. The van der Waals surface area contributed by atoms with Gasteiger partial charge in [0.2, 0.25) is 11.5 Å². The van der Waals surface area contributed by atoms with Crippen LogP contribution in [0.5, 0.6) is 0 Å². The fourth-order valence-electron chi connectivity index (χ4n) is 2.57. The van der Waals surface area contributed by atoms with Gasteiger partial charge in [0.25, 0.3) is 0 Å². The lowest BCUT2D eigenvalue weighted by Crippen LogP contribution is -2.54. The predicted octanol–water partition coefficient (Wildman–Crippen LogP) is 0.347. The number of piperazine rings is 1. The second-order valence-corrected chi connectivity index (χ2v) is 5.30. The summed E-state index contributed by atoms with van der Waals surface area (Å²) in [7, 11) is 0. The number of aromatic amines is 2. The van der Waals surface area contributed by atoms with Crippen molar-refractivity contribution in [1.29, 1.82) is 0 Å². The summed E-state index contributed by atoms with van der Waals surface area (Å²) in [6, 6.07) is 4.03. The summed E-state index contributed by atoms with van der Waals surface area (Å²) in [4.78, 5) is 20.4. The second kappa shape index (κ2) is 5.09. The van der Waals surface area contributed by atoms with Crippen LogP contribution in [0.1, 0.15) is 13.8 Å². The zero-order valence-corrected chi connectivity index (χ0v) is 11.6. The third-order valence-electron chi connectivity index (χ3n) is 3.37. The molecule has 1 saturated heterocycles. The molecule has 2 atom stereocenters. The van der Waals surface area contributed by atoms with E-state index in [1.807, 2.05) is 0 Å². The molecular weight excluding hydrogens is 256 g/mol. The van der Waals surface area contributed by atoms with E-state index in [-0.39, 0.29) is 5.56 Å². The van der Waals surface area contributed by atoms with Crippen LogP contribution in [0.25, 0.3) is 11.4 Å². The highest BCUT2D eigenvalue weighted by Crippen LogP contribution is 2.17. The minimum absolute atomic E-state index is 0.127. The Hall–Kier alpha value is -2.15. The summed E-state index contributed by atoms with van der Waals surface area (Å²) in [5, 5.41) is 10.7. The summed E-state index contributed by atoms with van der Waals surface area (Å²) >= 11 is 0. The van der Waals surface area contributed by atoms with Crippen LogP contribution < -0.4 is 15.8 Å². The number of aromatic nitrogens is 4. The van der Waals surface area contributed by atoms with E-state index in [0.29, 0.717) is 23.9 Å². The lowest BCUT2D eigenvalue weighted by atomic mass is 10.1. The van der Waals surface area contributed by atoms with E-state index in [4.69, 9.17) is 0 Å². The predicted molar refractivity (Wildman–Crippen MR) is 76.7 cm³/mol. The van der Waals surface area contributed by atoms with Crippen LogP contribution in [0.3, 0.4) is 0 Å². The van der Waals surface area contributed by atoms with Gasteiger partial charge in [-0.2, -0.15) is 4.98 Å². The molecule has 0 aromatic carbocycles. The van der Waals surface area contributed by atoms with Gasteiger partial charge in [-0.05, 0) is 19.9 Å². The molecule has 0 aliphatic carbocycles. The van der Waals surface area contributed by atoms with Gasteiger partial charge in [0.05, 0.1) is 0 Å². The van der Waals surface area contributed by atoms with Crippen LogP contribution in [0, 0.1) is 0 Å². The lowest BCUT2D eigenvalue weighted by Gasteiger charge is -2.35. The van der Waals surface area contributed by atoms with Crippen molar-refractivity contribution in [2.75, 3.05) is 18.0 Å². The average Bonchev–Trinajstić information content (AvgIpc) is 2.88. The minimum Gasteiger partial charge on any atom is -0.336 e. The molecule has 0 saturated carbocycles. The molecule has 1 aliphatic rings. The lowest BCUT2D eigenvalue weighted by molar-refractivity contribution is 0.403. The van der Waals surface area contributed by atoms with Gasteiger partial charge in [-0.15, -0.1) is 5.10 Å². The van der Waals surface area contributed by atoms with Crippen molar-refractivity contribution in [1.82, 2.24) is 25.5 Å². The van der Waals surface area contributed by atoms with Gasteiger partial charge in [0, 0.05) is 43.0 Å². The standard InChI is InChI=1S/C13H18N6O/c1-8-6-19(7-9(2)15-8)13-16-12(17-18-13)10-3-4-11(20)14-5-10/h3-5,8-9,15H,6-7H2,1-2H3,(H,14,20)(H,16,17,18). The summed E-state index contributed by atoms with van der Waals surface area (Å²) in [5.74, 6) is 1.36. The van der Waals surface area contributed by atoms with Crippen LogP contribution in [-0.4, -0.2) is 45.3 Å². The van der Waals surface area contributed by atoms with E-state index in [0.717, 1.165) is 18.7 Å². The third-order valence-corrected chi connectivity index (χ3v) is 3.37. The first kappa shape index (κ1) is 12.9. The molecule has 0 spiro atoms. The summed E-state index contributed by atoms with van der Waals surface area (Å²) in [6.07, 6.45) is 1.63. The number of hydrogen-bond acceptors (Lipinski definition) is 5. The van der Waals surface area contributed by atoms with E-state index in [2.05, 4.69) is 44.2 Å². The van der Waals surface area contributed by atoms with Gasteiger partial charge in [0.15, 0.2) is 5.82 Å². The molecule has 2 aromatic rings. The highest BCUT2D eigenvalue weighted by Gasteiger charge is 2.23. The molecule has 7 heteroatoms. The largest absolute Gasteiger partial charge is 0.336 e. The SMILES string of the molecule is CC1CN(c2n[nH]c(-c3ccc(=O)[nH]c3)n2)CC(C)N1. The van der Waals surface area contributed by atoms with Crippen molar-refractivity contribution in [3.63, 3.8) is 0 Å². The van der Waals surface area contributed by atoms with E-state index in [1.165, 1.54) is 6.07 Å². The third kappa shape index (κ3) is 2.57. The monoisotopic (exact) mass is 274 g/mol. The molecule has 3 heterocycles. The highest BCUT2D eigenvalue weighted by molar-refractivity contribution is 5.54. The Bertz CT molecular complexity index is 618. The molecule has 3 rings (SSSR count). The quantitative estimate of drug-likeness (QED) is 0.735. The zero-order valence-electron chi connectivity index (χ0n) is 11.6. The number of pyridine rings is 1. The average molecular weight is 274 g/mol. The van der Waals surface area contributed by atoms with Crippen molar-refractivity contribution >= 4 is 5.95 Å². The molecule has 0 radical (unpaired) electrons. The van der Waals surface area contributed by atoms with Crippen molar-refractivity contribution in [2.24, 2.45) is 0 Å². The first-order valence-corrected chi connectivity index (χ1v) is 6.74. The van der Waals surface area contributed by atoms with Crippen LogP contribution in [0.4, 0.5) is 5.95 Å². The smallest absolute Gasteiger partial charge is 0.247 e. The Labute approximate surface area is 116 Å². The number of nitrogens with one attached hydrogen (secondary N) is 3. The van der Waals surface area contributed by atoms with Crippen molar-refractivity contribution < 1.29 is 0 Å². The Morgan fingerprint density at radius 2 is 2.00 bits per heavy atom.